The van der Waals surface area contributed by atoms with Crippen molar-refractivity contribution in [2.45, 2.75) is 19.3 Å². The molecule has 4 heteroatoms. The van der Waals surface area contributed by atoms with E-state index in [1.54, 1.807) is 13.4 Å². The Balaban J connectivity index is 1.89. The zero-order valence-electron chi connectivity index (χ0n) is 11.1. The summed E-state index contributed by atoms with van der Waals surface area (Å²) in [6.45, 7) is 4.37. The number of rotatable bonds is 7. The van der Waals surface area contributed by atoms with Crippen molar-refractivity contribution in [1.82, 2.24) is 5.32 Å². The van der Waals surface area contributed by atoms with E-state index in [0.717, 1.165) is 57.9 Å². The predicted octanol–water partition coefficient (Wildman–Crippen LogP) is 1.85. The Morgan fingerprint density at radius 2 is 2.22 bits per heavy atom. The van der Waals surface area contributed by atoms with Crippen LogP contribution in [0.2, 0.25) is 0 Å². The van der Waals surface area contributed by atoms with Crippen molar-refractivity contribution >= 4 is 0 Å². The van der Waals surface area contributed by atoms with E-state index in [0.29, 0.717) is 0 Å². The molecule has 1 aliphatic rings. The number of nitrogens with one attached hydrogen (secondary N) is 1. The van der Waals surface area contributed by atoms with E-state index in [2.05, 4.69) is 11.4 Å². The van der Waals surface area contributed by atoms with E-state index in [4.69, 9.17) is 13.9 Å². The summed E-state index contributed by atoms with van der Waals surface area (Å²) in [7, 11) is 1.73. The number of methoxy groups -OCH3 is 1. The minimum absolute atomic E-state index is 0.268. The lowest BCUT2D eigenvalue weighted by molar-refractivity contribution is 0.0120. The molecule has 0 atom stereocenters. The van der Waals surface area contributed by atoms with Gasteiger partial charge in [0, 0.05) is 39.8 Å². The van der Waals surface area contributed by atoms with Crippen LogP contribution in [0, 0.1) is 5.41 Å². The van der Waals surface area contributed by atoms with Gasteiger partial charge in [-0.15, -0.1) is 0 Å². The fourth-order valence-electron chi connectivity index (χ4n) is 2.53. The van der Waals surface area contributed by atoms with Crippen LogP contribution in [0.1, 0.15) is 18.6 Å². The molecule has 1 aromatic heterocycles. The summed E-state index contributed by atoms with van der Waals surface area (Å²) in [5.74, 6) is 1.07. The lowest BCUT2D eigenvalue weighted by atomic mass is 9.76. The van der Waals surface area contributed by atoms with E-state index >= 15 is 0 Å². The molecule has 0 bridgehead atoms. The second kappa shape index (κ2) is 6.92. The third-order valence-corrected chi connectivity index (χ3v) is 3.67. The van der Waals surface area contributed by atoms with Crippen molar-refractivity contribution in [1.29, 1.82) is 0 Å². The highest BCUT2D eigenvalue weighted by atomic mass is 16.5. The first-order valence-corrected chi connectivity index (χ1v) is 6.64. The largest absolute Gasteiger partial charge is 0.469 e. The average Bonchev–Trinajstić information content (AvgIpc) is 2.89. The van der Waals surface area contributed by atoms with E-state index in [-0.39, 0.29) is 5.41 Å². The van der Waals surface area contributed by atoms with Crippen LogP contribution in [0.3, 0.4) is 0 Å². The molecular weight excluding hydrogens is 230 g/mol. The molecule has 0 aliphatic carbocycles. The van der Waals surface area contributed by atoms with Crippen LogP contribution >= 0.6 is 0 Å². The van der Waals surface area contributed by atoms with Gasteiger partial charge in [-0.3, -0.25) is 0 Å². The summed E-state index contributed by atoms with van der Waals surface area (Å²) in [6, 6.07) is 4.02. The molecule has 18 heavy (non-hydrogen) atoms. The standard InChI is InChI=1S/C14H23NO3/c1-16-10-6-15-12-14(4-8-17-9-5-14)11-13-3-2-7-18-13/h2-3,7,15H,4-6,8-12H2,1H3. The van der Waals surface area contributed by atoms with Gasteiger partial charge in [0.1, 0.15) is 5.76 Å². The molecule has 0 spiro atoms. The normalized spacial score (nSPS) is 18.9. The van der Waals surface area contributed by atoms with Crippen LogP contribution in [0.15, 0.2) is 22.8 Å². The zero-order chi connectivity index (χ0) is 12.7. The van der Waals surface area contributed by atoms with Gasteiger partial charge in [-0.1, -0.05) is 0 Å². The number of hydrogen-bond acceptors (Lipinski definition) is 4. The summed E-state index contributed by atoms with van der Waals surface area (Å²) < 4.78 is 16.0. The Labute approximate surface area is 109 Å². The molecule has 102 valence electrons. The molecule has 2 rings (SSSR count). The first-order valence-electron chi connectivity index (χ1n) is 6.64. The van der Waals surface area contributed by atoms with Gasteiger partial charge in [-0.25, -0.2) is 0 Å². The van der Waals surface area contributed by atoms with Gasteiger partial charge in [0.25, 0.3) is 0 Å². The number of furan rings is 1. The van der Waals surface area contributed by atoms with Crippen molar-refractivity contribution < 1.29 is 13.9 Å². The summed E-state index contributed by atoms with van der Waals surface area (Å²) in [5.41, 5.74) is 0.268. The number of hydrogen-bond donors (Lipinski definition) is 1. The highest BCUT2D eigenvalue weighted by Crippen LogP contribution is 2.33. The third kappa shape index (κ3) is 3.83. The van der Waals surface area contributed by atoms with E-state index in [1.165, 1.54) is 0 Å². The molecule has 0 amide bonds. The molecule has 1 fully saturated rings. The highest BCUT2D eigenvalue weighted by molar-refractivity contribution is 5.03. The molecule has 0 radical (unpaired) electrons. The monoisotopic (exact) mass is 253 g/mol. The van der Waals surface area contributed by atoms with Crippen LogP contribution in [-0.2, 0) is 15.9 Å². The summed E-state index contributed by atoms with van der Waals surface area (Å²) >= 11 is 0. The Morgan fingerprint density at radius 1 is 1.39 bits per heavy atom. The second-order valence-electron chi connectivity index (χ2n) is 5.04. The maximum absolute atomic E-state index is 5.50. The lowest BCUT2D eigenvalue weighted by Crippen LogP contribution is -2.41. The second-order valence-corrected chi connectivity index (χ2v) is 5.04. The average molecular weight is 253 g/mol. The molecule has 1 aliphatic heterocycles. The predicted molar refractivity (Wildman–Crippen MR) is 69.6 cm³/mol. The summed E-state index contributed by atoms with van der Waals surface area (Å²) in [6.07, 6.45) is 4.92. The van der Waals surface area contributed by atoms with E-state index < -0.39 is 0 Å². The van der Waals surface area contributed by atoms with Gasteiger partial charge in [0.2, 0.25) is 0 Å². The fourth-order valence-corrected chi connectivity index (χ4v) is 2.53. The smallest absolute Gasteiger partial charge is 0.104 e. The molecule has 4 nitrogen and oxygen atoms in total. The molecule has 0 saturated carbocycles. The quantitative estimate of drug-likeness (QED) is 0.753. The molecule has 2 heterocycles. The van der Waals surface area contributed by atoms with Gasteiger partial charge in [0.05, 0.1) is 12.9 Å². The third-order valence-electron chi connectivity index (χ3n) is 3.67. The van der Waals surface area contributed by atoms with Crippen LogP contribution in [0.5, 0.6) is 0 Å². The Morgan fingerprint density at radius 3 is 2.89 bits per heavy atom. The van der Waals surface area contributed by atoms with Crippen molar-refractivity contribution in [3.63, 3.8) is 0 Å². The van der Waals surface area contributed by atoms with Crippen LogP contribution in [0.4, 0.5) is 0 Å². The summed E-state index contributed by atoms with van der Waals surface area (Å²) in [5, 5.41) is 3.49. The van der Waals surface area contributed by atoms with E-state index in [1.807, 2.05) is 6.07 Å². The van der Waals surface area contributed by atoms with Gasteiger partial charge < -0.3 is 19.2 Å². The SMILES string of the molecule is COCCNCC1(Cc2ccco2)CCOCC1. The first-order chi connectivity index (χ1) is 8.85. The van der Waals surface area contributed by atoms with Crippen LogP contribution in [0.25, 0.3) is 0 Å². The van der Waals surface area contributed by atoms with Crippen LogP contribution < -0.4 is 5.32 Å². The summed E-state index contributed by atoms with van der Waals surface area (Å²) in [4.78, 5) is 0. The van der Waals surface area contributed by atoms with Gasteiger partial charge >= 0.3 is 0 Å². The molecule has 0 aromatic carbocycles. The maximum Gasteiger partial charge on any atom is 0.104 e. The van der Waals surface area contributed by atoms with Crippen molar-refractivity contribution in [3.05, 3.63) is 24.2 Å². The minimum Gasteiger partial charge on any atom is -0.469 e. The molecule has 1 N–H and O–H groups in total. The van der Waals surface area contributed by atoms with Crippen LogP contribution in [-0.4, -0.2) is 40.0 Å². The van der Waals surface area contributed by atoms with Gasteiger partial charge in [0.15, 0.2) is 0 Å². The van der Waals surface area contributed by atoms with E-state index in [9.17, 15) is 0 Å². The Bertz CT molecular complexity index is 318. The topological polar surface area (TPSA) is 43.6 Å². The van der Waals surface area contributed by atoms with Crippen molar-refractivity contribution in [2.24, 2.45) is 5.41 Å². The molecule has 1 saturated heterocycles. The van der Waals surface area contributed by atoms with Crippen molar-refractivity contribution in [2.75, 3.05) is 40.0 Å². The van der Waals surface area contributed by atoms with Gasteiger partial charge in [-0.05, 0) is 30.4 Å². The van der Waals surface area contributed by atoms with Crippen molar-refractivity contribution in [3.8, 4) is 0 Å². The Kier molecular flexibility index (Phi) is 5.23. The minimum atomic E-state index is 0.268. The first kappa shape index (κ1) is 13.6. The molecule has 0 unspecified atom stereocenters. The Hall–Kier alpha value is -0.840. The maximum atomic E-state index is 5.50. The highest BCUT2D eigenvalue weighted by Gasteiger charge is 2.33. The molecule has 1 aromatic rings. The van der Waals surface area contributed by atoms with Gasteiger partial charge in [-0.2, -0.15) is 0 Å². The lowest BCUT2D eigenvalue weighted by Gasteiger charge is -2.37. The zero-order valence-corrected chi connectivity index (χ0v) is 11.1. The number of ether oxygens (including phenoxy) is 2. The molecular formula is C14H23NO3. The fraction of sp³-hybridized carbons (Fsp3) is 0.714.